The molecule has 5 heteroatoms. The first-order valence-corrected chi connectivity index (χ1v) is 5.55. The van der Waals surface area contributed by atoms with E-state index < -0.39 is 0 Å². The van der Waals surface area contributed by atoms with Crippen molar-refractivity contribution in [3.8, 4) is 5.88 Å². The molecule has 1 saturated heterocycles. The van der Waals surface area contributed by atoms with Crippen LogP contribution in [0.25, 0.3) is 0 Å². The molecule has 0 aromatic carbocycles. The lowest BCUT2D eigenvalue weighted by atomic mass is 10.0. The van der Waals surface area contributed by atoms with Gasteiger partial charge < -0.3 is 10.1 Å². The van der Waals surface area contributed by atoms with Gasteiger partial charge in [0.1, 0.15) is 0 Å². The molecular weight excluding hydrogens is 214 g/mol. The van der Waals surface area contributed by atoms with Crippen molar-refractivity contribution >= 4 is 11.6 Å². The summed E-state index contributed by atoms with van der Waals surface area (Å²) in [4.78, 5) is 0. The maximum atomic E-state index is 5.62. The molecule has 0 spiro atoms. The van der Waals surface area contributed by atoms with Crippen molar-refractivity contribution in [2.75, 3.05) is 19.7 Å². The van der Waals surface area contributed by atoms with Gasteiger partial charge in [0.05, 0.1) is 6.61 Å². The zero-order chi connectivity index (χ0) is 10.5. The van der Waals surface area contributed by atoms with Crippen molar-refractivity contribution in [1.82, 2.24) is 15.5 Å². The molecule has 0 amide bonds. The number of ether oxygens (including phenoxy) is 1. The van der Waals surface area contributed by atoms with E-state index in [1.807, 2.05) is 0 Å². The molecule has 1 aliphatic heterocycles. The maximum absolute atomic E-state index is 5.62. The average molecular weight is 228 g/mol. The Morgan fingerprint density at radius 3 is 3.07 bits per heavy atom. The second-order valence-corrected chi connectivity index (χ2v) is 4.10. The van der Waals surface area contributed by atoms with Crippen molar-refractivity contribution in [2.24, 2.45) is 5.92 Å². The predicted octanol–water partition coefficient (Wildman–Crippen LogP) is 1.51. The van der Waals surface area contributed by atoms with Gasteiger partial charge in [-0.1, -0.05) is 11.6 Å². The third-order valence-corrected chi connectivity index (χ3v) is 2.67. The molecule has 1 fully saturated rings. The Hall–Kier alpha value is -0.870. The van der Waals surface area contributed by atoms with Crippen LogP contribution < -0.4 is 10.1 Å². The van der Waals surface area contributed by atoms with Gasteiger partial charge in [0.2, 0.25) is 5.88 Å². The summed E-state index contributed by atoms with van der Waals surface area (Å²) in [5.41, 5.74) is 0. The standard InChI is InChI=1S/C10H14ClN3O/c11-9-3-4-10(14-13-9)15-7-8-2-1-5-12-6-8/h3-4,8,12H,1-2,5-7H2/t8-/m1/s1. The van der Waals surface area contributed by atoms with Crippen molar-refractivity contribution < 1.29 is 4.74 Å². The molecule has 0 radical (unpaired) electrons. The Balaban J connectivity index is 1.79. The van der Waals surface area contributed by atoms with E-state index in [0.717, 1.165) is 13.1 Å². The molecule has 1 atom stereocenters. The summed E-state index contributed by atoms with van der Waals surface area (Å²) in [6.45, 7) is 2.85. The van der Waals surface area contributed by atoms with Crippen molar-refractivity contribution in [3.63, 3.8) is 0 Å². The van der Waals surface area contributed by atoms with Crippen LogP contribution in [0.3, 0.4) is 0 Å². The van der Waals surface area contributed by atoms with E-state index in [2.05, 4.69) is 15.5 Å². The molecule has 2 heterocycles. The van der Waals surface area contributed by atoms with Crippen LogP contribution in [0.4, 0.5) is 0 Å². The Morgan fingerprint density at radius 2 is 2.40 bits per heavy atom. The normalized spacial score (nSPS) is 21.3. The zero-order valence-corrected chi connectivity index (χ0v) is 9.20. The lowest BCUT2D eigenvalue weighted by Crippen LogP contribution is -2.33. The minimum Gasteiger partial charge on any atom is -0.476 e. The topological polar surface area (TPSA) is 47.0 Å². The van der Waals surface area contributed by atoms with Crippen molar-refractivity contribution in [1.29, 1.82) is 0 Å². The molecule has 1 aliphatic rings. The quantitative estimate of drug-likeness (QED) is 0.851. The molecule has 0 aliphatic carbocycles. The molecule has 1 aromatic heterocycles. The van der Waals surface area contributed by atoms with Gasteiger partial charge in [0, 0.05) is 18.5 Å². The van der Waals surface area contributed by atoms with Crippen LogP contribution in [-0.4, -0.2) is 29.9 Å². The summed E-state index contributed by atoms with van der Waals surface area (Å²) in [7, 11) is 0. The van der Waals surface area contributed by atoms with E-state index in [-0.39, 0.29) is 0 Å². The third kappa shape index (κ3) is 3.32. The number of halogens is 1. The van der Waals surface area contributed by atoms with Gasteiger partial charge in [0.25, 0.3) is 0 Å². The number of nitrogens with one attached hydrogen (secondary N) is 1. The molecule has 4 nitrogen and oxygen atoms in total. The second-order valence-electron chi connectivity index (χ2n) is 3.72. The zero-order valence-electron chi connectivity index (χ0n) is 8.45. The first kappa shape index (κ1) is 10.6. The summed E-state index contributed by atoms with van der Waals surface area (Å²) in [6, 6.07) is 3.43. The monoisotopic (exact) mass is 227 g/mol. The average Bonchev–Trinajstić information content (AvgIpc) is 2.30. The largest absolute Gasteiger partial charge is 0.476 e. The Labute approximate surface area is 94.0 Å². The Bertz CT molecular complexity index is 298. The van der Waals surface area contributed by atoms with Crippen LogP contribution in [0.2, 0.25) is 5.15 Å². The van der Waals surface area contributed by atoms with Crippen LogP contribution in [0.1, 0.15) is 12.8 Å². The molecule has 15 heavy (non-hydrogen) atoms. The lowest BCUT2D eigenvalue weighted by Gasteiger charge is -2.22. The Morgan fingerprint density at radius 1 is 1.47 bits per heavy atom. The van der Waals surface area contributed by atoms with Gasteiger partial charge >= 0.3 is 0 Å². The van der Waals surface area contributed by atoms with E-state index in [4.69, 9.17) is 16.3 Å². The van der Waals surface area contributed by atoms with Crippen LogP contribution >= 0.6 is 11.6 Å². The predicted molar refractivity (Wildman–Crippen MR) is 58.1 cm³/mol. The SMILES string of the molecule is Clc1ccc(OC[C@@H]2CCCNC2)nn1. The highest BCUT2D eigenvalue weighted by molar-refractivity contribution is 6.29. The highest BCUT2D eigenvalue weighted by Gasteiger charge is 2.13. The van der Waals surface area contributed by atoms with Crippen molar-refractivity contribution in [2.45, 2.75) is 12.8 Å². The highest BCUT2D eigenvalue weighted by atomic mass is 35.5. The first-order chi connectivity index (χ1) is 7.34. The molecule has 0 bridgehead atoms. The number of aromatic nitrogens is 2. The van der Waals surface area contributed by atoms with E-state index in [1.54, 1.807) is 12.1 Å². The summed E-state index contributed by atoms with van der Waals surface area (Å²) in [6.07, 6.45) is 2.44. The fourth-order valence-electron chi connectivity index (χ4n) is 1.65. The van der Waals surface area contributed by atoms with Crippen LogP contribution in [0, 0.1) is 5.92 Å². The minimum atomic E-state index is 0.390. The molecule has 82 valence electrons. The van der Waals surface area contributed by atoms with Gasteiger partial charge in [-0.2, -0.15) is 0 Å². The van der Waals surface area contributed by atoms with E-state index in [1.165, 1.54) is 12.8 Å². The van der Waals surface area contributed by atoms with Crippen LogP contribution in [-0.2, 0) is 0 Å². The fourth-order valence-corrected chi connectivity index (χ4v) is 1.75. The fraction of sp³-hybridized carbons (Fsp3) is 0.600. The van der Waals surface area contributed by atoms with E-state index >= 15 is 0 Å². The van der Waals surface area contributed by atoms with E-state index in [9.17, 15) is 0 Å². The second kappa shape index (κ2) is 5.28. The molecule has 0 saturated carbocycles. The summed E-state index contributed by atoms with van der Waals surface area (Å²) in [5, 5.41) is 11.3. The number of hydrogen-bond acceptors (Lipinski definition) is 4. The smallest absolute Gasteiger partial charge is 0.233 e. The van der Waals surface area contributed by atoms with Crippen LogP contribution in [0.5, 0.6) is 5.88 Å². The third-order valence-electron chi connectivity index (χ3n) is 2.47. The summed E-state index contributed by atoms with van der Waals surface area (Å²) >= 11 is 5.62. The molecular formula is C10H14ClN3O. The first-order valence-electron chi connectivity index (χ1n) is 5.17. The highest BCUT2D eigenvalue weighted by Crippen LogP contribution is 2.13. The number of piperidine rings is 1. The van der Waals surface area contributed by atoms with Gasteiger partial charge in [-0.25, -0.2) is 0 Å². The van der Waals surface area contributed by atoms with Gasteiger partial charge in [-0.05, 0) is 25.5 Å². The molecule has 1 N–H and O–H groups in total. The van der Waals surface area contributed by atoms with E-state index in [0.29, 0.717) is 23.6 Å². The minimum absolute atomic E-state index is 0.390. The molecule has 2 rings (SSSR count). The number of hydrogen-bond donors (Lipinski definition) is 1. The number of rotatable bonds is 3. The molecule has 1 aromatic rings. The van der Waals surface area contributed by atoms with Gasteiger partial charge in [-0.3, -0.25) is 0 Å². The summed E-state index contributed by atoms with van der Waals surface area (Å²) in [5.74, 6) is 1.13. The summed E-state index contributed by atoms with van der Waals surface area (Å²) < 4.78 is 5.53. The van der Waals surface area contributed by atoms with Gasteiger partial charge in [0.15, 0.2) is 5.15 Å². The van der Waals surface area contributed by atoms with Gasteiger partial charge in [-0.15, -0.1) is 10.2 Å². The lowest BCUT2D eigenvalue weighted by molar-refractivity contribution is 0.210. The van der Waals surface area contributed by atoms with Crippen molar-refractivity contribution in [3.05, 3.63) is 17.3 Å². The maximum Gasteiger partial charge on any atom is 0.233 e. The number of nitrogens with zero attached hydrogens (tertiary/aromatic N) is 2. The Kier molecular flexibility index (Phi) is 3.75. The molecule has 0 unspecified atom stereocenters. The van der Waals surface area contributed by atoms with Crippen LogP contribution in [0.15, 0.2) is 12.1 Å².